The molecule has 0 saturated heterocycles. The first kappa shape index (κ1) is 10.7. The monoisotopic (exact) mass is 232 g/mol. The average molecular weight is 232 g/mol. The highest BCUT2D eigenvalue weighted by molar-refractivity contribution is 7.08. The number of hydrogen-bond acceptors (Lipinski definition) is 3. The summed E-state index contributed by atoms with van der Waals surface area (Å²) in [6.45, 7) is 0. The lowest BCUT2D eigenvalue weighted by Crippen LogP contribution is -2.13. The van der Waals surface area contributed by atoms with Crippen LogP contribution < -0.4 is 11.1 Å². The van der Waals surface area contributed by atoms with Crippen LogP contribution in [-0.4, -0.2) is 5.91 Å². The molecular weight excluding hydrogens is 220 g/mol. The van der Waals surface area contributed by atoms with E-state index < -0.39 is 0 Å². The molecule has 4 heteroatoms. The number of nitrogen functional groups attached to an aromatic ring is 1. The third-order valence-corrected chi connectivity index (χ3v) is 2.87. The minimum Gasteiger partial charge on any atom is -0.399 e. The van der Waals surface area contributed by atoms with Crippen LogP contribution in [0.25, 0.3) is 0 Å². The molecule has 1 aromatic carbocycles. The average Bonchev–Trinajstić information content (AvgIpc) is 2.74. The fourth-order valence-electron chi connectivity index (χ4n) is 1.35. The Morgan fingerprint density at radius 1 is 1.25 bits per heavy atom. The van der Waals surface area contributed by atoms with E-state index in [1.165, 1.54) is 0 Å². The van der Waals surface area contributed by atoms with Gasteiger partial charge in [-0.15, -0.1) is 0 Å². The Hall–Kier alpha value is -1.81. The van der Waals surface area contributed by atoms with E-state index in [1.54, 1.807) is 35.6 Å². The SMILES string of the molecule is Nc1ccc(NC(=O)Cc2ccsc2)cc1. The van der Waals surface area contributed by atoms with Gasteiger partial charge >= 0.3 is 0 Å². The first-order chi connectivity index (χ1) is 7.74. The highest BCUT2D eigenvalue weighted by Crippen LogP contribution is 2.12. The van der Waals surface area contributed by atoms with Crippen molar-refractivity contribution in [2.75, 3.05) is 11.1 Å². The second-order valence-corrected chi connectivity index (χ2v) is 4.26. The largest absolute Gasteiger partial charge is 0.399 e. The number of amides is 1. The standard InChI is InChI=1S/C12H12N2OS/c13-10-1-3-11(4-2-10)14-12(15)7-9-5-6-16-8-9/h1-6,8H,7,13H2,(H,14,15). The molecule has 1 heterocycles. The van der Waals surface area contributed by atoms with Crippen LogP contribution in [0.1, 0.15) is 5.56 Å². The molecule has 0 aliphatic rings. The molecule has 82 valence electrons. The van der Waals surface area contributed by atoms with E-state index in [0.29, 0.717) is 12.1 Å². The third kappa shape index (κ3) is 2.84. The predicted molar refractivity (Wildman–Crippen MR) is 67.5 cm³/mol. The van der Waals surface area contributed by atoms with Crippen molar-refractivity contribution in [2.45, 2.75) is 6.42 Å². The van der Waals surface area contributed by atoms with Gasteiger partial charge in [-0.1, -0.05) is 0 Å². The summed E-state index contributed by atoms with van der Waals surface area (Å²) in [5.74, 6) is -0.0110. The number of benzene rings is 1. The molecule has 0 atom stereocenters. The lowest BCUT2D eigenvalue weighted by atomic mass is 10.2. The van der Waals surface area contributed by atoms with Crippen molar-refractivity contribution in [3.63, 3.8) is 0 Å². The van der Waals surface area contributed by atoms with E-state index in [0.717, 1.165) is 11.3 Å². The van der Waals surface area contributed by atoms with Crippen LogP contribution in [0.15, 0.2) is 41.1 Å². The van der Waals surface area contributed by atoms with Gasteiger partial charge in [-0.25, -0.2) is 0 Å². The molecule has 0 fully saturated rings. The number of thiophene rings is 1. The molecule has 1 amide bonds. The molecule has 0 aliphatic heterocycles. The topological polar surface area (TPSA) is 55.1 Å². The van der Waals surface area contributed by atoms with Gasteiger partial charge in [0.25, 0.3) is 0 Å². The Bertz CT molecular complexity index is 462. The van der Waals surface area contributed by atoms with Gasteiger partial charge in [0.05, 0.1) is 6.42 Å². The lowest BCUT2D eigenvalue weighted by Gasteiger charge is -2.04. The van der Waals surface area contributed by atoms with Gasteiger partial charge in [-0.3, -0.25) is 4.79 Å². The van der Waals surface area contributed by atoms with Gasteiger partial charge in [0.1, 0.15) is 0 Å². The number of hydrogen-bond donors (Lipinski definition) is 2. The van der Waals surface area contributed by atoms with Crippen LogP contribution in [0.4, 0.5) is 11.4 Å². The Morgan fingerprint density at radius 2 is 2.00 bits per heavy atom. The van der Waals surface area contributed by atoms with Gasteiger partial charge < -0.3 is 11.1 Å². The quantitative estimate of drug-likeness (QED) is 0.799. The normalized spacial score (nSPS) is 10.0. The van der Waals surface area contributed by atoms with Gasteiger partial charge in [0.15, 0.2) is 0 Å². The molecule has 2 aromatic rings. The Kier molecular flexibility index (Phi) is 3.22. The predicted octanol–water partition coefficient (Wildman–Crippen LogP) is 2.51. The van der Waals surface area contributed by atoms with Crippen LogP contribution in [0.3, 0.4) is 0 Å². The summed E-state index contributed by atoms with van der Waals surface area (Å²) in [5, 5.41) is 6.76. The van der Waals surface area contributed by atoms with E-state index in [4.69, 9.17) is 5.73 Å². The molecule has 1 aromatic heterocycles. The number of carbonyl (C=O) groups excluding carboxylic acids is 1. The maximum atomic E-state index is 11.6. The van der Waals surface area contributed by atoms with Crippen molar-refractivity contribution >= 4 is 28.6 Å². The van der Waals surface area contributed by atoms with E-state index in [9.17, 15) is 4.79 Å². The second kappa shape index (κ2) is 4.81. The van der Waals surface area contributed by atoms with Crippen LogP contribution >= 0.6 is 11.3 Å². The van der Waals surface area contributed by atoms with Crippen molar-refractivity contribution in [1.82, 2.24) is 0 Å². The molecule has 2 rings (SSSR count). The van der Waals surface area contributed by atoms with E-state index in [1.807, 2.05) is 16.8 Å². The third-order valence-electron chi connectivity index (χ3n) is 2.14. The Labute approximate surface area is 97.9 Å². The summed E-state index contributed by atoms with van der Waals surface area (Å²) in [5.41, 5.74) is 8.06. The number of anilines is 2. The molecule has 0 aliphatic carbocycles. The number of carbonyl (C=O) groups is 1. The zero-order valence-electron chi connectivity index (χ0n) is 8.64. The minimum absolute atomic E-state index is 0.0110. The zero-order chi connectivity index (χ0) is 11.4. The summed E-state index contributed by atoms with van der Waals surface area (Å²) in [6.07, 6.45) is 0.411. The van der Waals surface area contributed by atoms with Crippen LogP contribution in [-0.2, 0) is 11.2 Å². The van der Waals surface area contributed by atoms with Crippen LogP contribution in [0.2, 0.25) is 0 Å². The Morgan fingerprint density at radius 3 is 2.62 bits per heavy atom. The van der Waals surface area contributed by atoms with Crippen molar-refractivity contribution in [1.29, 1.82) is 0 Å². The molecule has 0 bridgehead atoms. The fourth-order valence-corrected chi connectivity index (χ4v) is 2.02. The summed E-state index contributed by atoms with van der Waals surface area (Å²) < 4.78 is 0. The minimum atomic E-state index is -0.0110. The first-order valence-corrected chi connectivity index (χ1v) is 5.85. The van der Waals surface area contributed by atoms with Gasteiger partial charge in [-0.05, 0) is 46.7 Å². The molecule has 0 unspecified atom stereocenters. The molecule has 3 N–H and O–H groups in total. The van der Waals surface area contributed by atoms with Gasteiger partial charge in [-0.2, -0.15) is 11.3 Å². The fraction of sp³-hybridized carbons (Fsp3) is 0.0833. The highest BCUT2D eigenvalue weighted by Gasteiger charge is 2.03. The summed E-state index contributed by atoms with van der Waals surface area (Å²) >= 11 is 1.59. The van der Waals surface area contributed by atoms with Crippen molar-refractivity contribution in [2.24, 2.45) is 0 Å². The molecule has 0 spiro atoms. The highest BCUT2D eigenvalue weighted by atomic mass is 32.1. The maximum Gasteiger partial charge on any atom is 0.228 e. The van der Waals surface area contributed by atoms with Gasteiger partial charge in [0, 0.05) is 11.4 Å². The zero-order valence-corrected chi connectivity index (χ0v) is 9.46. The van der Waals surface area contributed by atoms with Crippen molar-refractivity contribution in [3.05, 3.63) is 46.7 Å². The van der Waals surface area contributed by atoms with Crippen molar-refractivity contribution < 1.29 is 4.79 Å². The number of nitrogens with two attached hydrogens (primary N) is 1. The number of rotatable bonds is 3. The maximum absolute atomic E-state index is 11.6. The first-order valence-electron chi connectivity index (χ1n) is 4.90. The molecule has 0 saturated carbocycles. The van der Waals surface area contributed by atoms with Crippen LogP contribution in [0.5, 0.6) is 0 Å². The summed E-state index contributed by atoms with van der Waals surface area (Å²) in [6, 6.07) is 9.06. The molecule has 3 nitrogen and oxygen atoms in total. The van der Waals surface area contributed by atoms with Crippen LogP contribution in [0, 0.1) is 0 Å². The van der Waals surface area contributed by atoms with Gasteiger partial charge in [0.2, 0.25) is 5.91 Å². The molecular formula is C12H12N2OS. The summed E-state index contributed by atoms with van der Waals surface area (Å²) in [7, 11) is 0. The molecule has 0 radical (unpaired) electrons. The van der Waals surface area contributed by atoms with E-state index in [2.05, 4.69) is 5.32 Å². The molecule has 16 heavy (non-hydrogen) atoms. The Balaban J connectivity index is 1.95. The van der Waals surface area contributed by atoms with E-state index in [-0.39, 0.29) is 5.91 Å². The summed E-state index contributed by atoms with van der Waals surface area (Å²) in [4.78, 5) is 11.6. The van der Waals surface area contributed by atoms with E-state index >= 15 is 0 Å². The second-order valence-electron chi connectivity index (χ2n) is 3.48. The lowest BCUT2D eigenvalue weighted by molar-refractivity contribution is -0.115. The smallest absolute Gasteiger partial charge is 0.228 e. The van der Waals surface area contributed by atoms with Crippen molar-refractivity contribution in [3.8, 4) is 0 Å². The number of nitrogens with one attached hydrogen (secondary N) is 1.